The minimum absolute atomic E-state index is 0.212. The molecule has 1 atom stereocenters. The van der Waals surface area contributed by atoms with Gasteiger partial charge in [-0.15, -0.1) is 0 Å². The number of rotatable bonds is 8. The van der Waals surface area contributed by atoms with Gasteiger partial charge in [-0.05, 0) is 38.6 Å². The first kappa shape index (κ1) is 15.2. The fraction of sp³-hybridized carbons (Fsp3) is 1.00. The molecule has 112 valence electrons. The molecule has 0 bridgehead atoms. The maximum Gasteiger partial charge on any atom is 0.214 e. The number of hydrogen-bond acceptors (Lipinski definition) is 4. The van der Waals surface area contributed by atoms with Crippen molar-refractivity contribution in [2.75, 3.05) is 32.6 Å². The first-order valence-corrected chi connectivity index (χ1v) is 8.96. The van der Waals surface area contributed by atoms with Crippen LogP contribution in [0.1, 0.15) is 38.5 Å². The second-order valence-corrected chi connectivity index (χ2v) is 7.65. The van der Waals surface area contributed by atoms with Crippen molar-refractivity contribution in [3.63, 3.8) is 0 Å². The van der Waals surface area contributed by atoms with Gasteiger partial charge in [0.1, 0.15) is 0 Å². The summed E-state index contributed by atoms with van der Waals surface area (Å²) >= 11 is 0. The minimum atomic E-state index is -3.12. The molecule has 1 aliphatic heterocycles. The van der Waals surface area contributed by atoms with E-state index in [1.165, 1.54) is 12.8 Å². The van der Waals surface area contributed by atoms with Crippen LogP contribution in [0.5, 0.6) is 0 Å². The fourth-order valence-electron chi connectivity index (χ4n) is 2.65. The Bertz CT molecular complexity index is 362. The average Bonchev–Trinajstić information content (AvgIpc) is 3.21. The highest BCUT2D eigenvalue weighted by molar-refractivity contribution is 7.89. The maximum absolute atomic E-state index is 12.4. The Balaban J connectivity index is 1.90. The molecule has 1 aliphatic carbocycles. The molecule has 2 fully saturated rings. The lowest BCUT2D eigenvalue weighted by Crippen LogP contribution is -2.47. The van der Waals surface area contributed by atoms with E-state index in [0.717, 1.165) is 25.8 Å². The number of hydrogen-bond donors (Lipinski definition) is 1. The summed E-state index contributed by atoms with van der Waals surface area (Å²) in [5, 5.41) is 3.44. The zero-order valence-corrected chi connectivity index (χ0v) is 12.6. The smallest absolute Gasteiger partial charge is 0.214 e. The van der Waals surface area contributed by atoms with Crippen molar-refractivity contribution in [2.45, 2.75) is 50.6 Å². The summed E-state index contributed by atoms with van der Waals surface area (Å²) in [7, 11) is -1.51. The third-order valence-electron chi connectivity index (χ3n) is 3.87. The van der Waals surface area contributed by atoms with Gasteiger partial charge in [-0.2, -0.15) is 4.31 Å². The van der Waals surface area contributed by atoms with E-state index >= 15 is 0 Å². The molecule has 5 nitrogen and oxygen atoms in total. The molecule has 19 heavy (non-hydrogen) atoms. The molecule has 1 saturated carbocycles. The van der Waals surface area contributed by atoms with Crippen molar-refractivity contribution in [1.82, 2.24) is 9.62 Å². The molecule has 0 spiro atoms. The summed E-state index contributed by atoms with van der Waals surface area (Å²) in [5.74, 6) is 0.212. The largest absolute Gasteiger partial charge is 0.385 e. The summed E-state index contributed by atoms with van der Waals surface area (Å²) in [6.07, 6.45) is 6.14. The average molecular weight is 290 g/mol. The zero-order valence-electron chi connectivity index (χ0n) is 11.8. The van der Waals surface area contributed by atoms with Gasteiger partial charge >= 0.3 is 0 Å². The molecule has 0 aromatic rings. The molecule has 2 aliphatic rings. The van der Waals surface area contributed by atoms with E-state index in [1.54, 1.807) is 11.4 Å². The Labute approximate surface area is 116 Å². The Kier molecular flexibility index (Phi) is 5.62. The topological polar surface area (TPSA) is 58.6 Å². The van der Waals surface area contributed by atoms with Gasteiger partial charge in [0.25, 0.3) is 0 Å². The van der Waals surface area contributed by atoms with Gasteiger partial charge in [-0.3, -0.25) is 0 Å². The molecule has 1 unspecified atom stereocenters. The van der Waals surface area contributed by atoms with Gasteiger partial charge in [-0.25, -0.2) is 8.42 Å². The quantitative estimate of drug-likeness (QED) is 0.677. The summed E-state index contributed by atoms with van der Waals surface area (Å²) in [5.41, 5.74) is 0. The Morgan fingerprint density at radius 1 is 1.26 bits per heavy atom. The van der Waals surface area contributed by atoms with E-state index in [9.17, 15) is 8.42 Å². The van der Waals surface area contributed by atoms with Gasteiger partial charge in [0.05, 0.1) is 5.75 Å². The van der Waals surface area contributed by atoms with E-state index in [0.29, 0.717) is 25.6 Å². The van der Waals surface area contributed by atoms with Crippen LogP contribution in [0.2, 0.25) is 0 Å². The van der Waals surface area contributed by atoms with E-state index in [4.69, 9.17) is 4.74 Å². The van der Waals surface area contributed by atoms with Crippen molar-refractivity contribution in [2.24, 2.45) is 0 Å². The number of methoxy groups -OCH3 is 1. The second-order valence-electron chi connectivity index (χ2n) is 5.61. The van der Waals surface area contributed by atoms with Crippen LogP contribution in [0, 0.1) is 0 Å². The summed E-state index contributed by atoms with van der Waals surface area (Å²) in [6.45, 7) is 2.19. The predicted octanol–water partition coefficient (Wildman–Crippen LogP) is 0.959. The summed E-state index contributed by atoms with van der Waals surface area (Å²) in [4.78, 5) is 0. The van der Waals surface area contributed by atoms with E-state index in [2.05, 4.69) is 5.32 Å². The monoisotopic (exact) mass is 290 g/mol. The second kappa shape index (κ2) is 7.02. The molecule has 0 aromatic carbocycles. The Morgan fingerprint density at radius 2 is 2.05 bits per heavy atom. The number of nitrogens with one attached hydrogen (secondary N) is 1. The van der Waals surface area contributed by atoms with E-state index < -0.39 is 10.0 Å². The van der Waals surface area contributed by atoms with Crippen LogP contribution in [0.3, 0.4) is 0 Å². The van der Waals surface area contributed by atoms with Crippen molar-refractivity contribution < 1.29 is 13.2 Å². The van der Waals surface area contributed by atoms with E-state index in [1.807, 2.05) is 0 Å². The highest BCUT2D eigenvalue weighted by atomic mass is 32.2. The number of sulfonamides is 1. The molecule has 0 radical (unpaired) electrons. The lowest BCUT2D eigenvalue weighted by molar-refractivity contribution is 0.199. The third kappa shape index (κ3) is 4.70. The molecule has 0 amide bonds. The van der Waals surface area contributed by atoms with Crippen LogP contribution < -0.4 is 5.32 Å². The van der Waals surface area contributed by atoms with Crippen LogP contribution in [-0.2, 0) is 14.8 Å². The first-order chi connectivity index (χ1) is 9.13. The normalized spacial score (nSPS) is 24.8. The maximum atomic E-state index is 12.4. The third-order valence-corrected chi connectivity index (χ3v) is 5.84. The summed E-state index contributed by atoms with van der Waals surface area (Å²) < 4.78 is 31.5. The first-order valence-electron chi connectivity index (χ1n) is 7.35. The van der Waals surface area contributed by atoms with Gasteiger partial charge in [0, 0.05) is 32.3 Å². The molecular weight excluding hydrogens is 264 g/mol. The van der Waals surface area contributed by atoms with Crippen LogP contribution in [-0.4, -0.2) is 57.4 Å². The molecule has 1 saturated heterocycles. The molecular formula is C13H26N2O3S. The number of ether oxygens (including phenoxy) is 1. The highest BCUT2D eigenvalue weighted by Crippen LogP contribution is 2.30. The lowest BCUT2D eigenvalue weighted by atomic mass is 10.1. The van der Waals surface area contributed by atoms with Crippen molar-refractivity contribution in [3.05, 3.63) is 0 Å². The summed E-state index contributed by atoms with van der Waals surface area (Å²) in [6, 6.07) is 0.600. The van der Waals surface area contributed by atoms with Gasteiger partial charge in [-0.1, -0.05) is 6.42 Å². The standard InChI is InChI=1S/C13H26N2O3S/c1-18-9-4-10-19(16,17)15(13-6-7-13)11-12-5-2-3-8-14-12/h12-14H,2-11H2,1H3. The Morgan fingerprint density at radius 3 is 2.63 bits per heavy atom. The van der Waals surface area contributed by atoms with Crippen LogP contribution >= 0.6 is 0 Å². The van der Waals surface area contributed by atoms with Gasteiger partial charge in [0.15, 0.2) is 0 Å². The predicted molar refractivity (Wildman–Crippen MR) is 75.6 cm³/mol. The minimum Gasteiger partial charge on any atom is -0.385 e. The molecule has 1 heterocycles. The van der Waals surface area contributed by atoms with Gasteiger partial charge < -0.3 is 10.1 Å². The van der Waals surface area contributed by atoms with Gasteiger partial charge in [0.2, 0.25) is 10.0 Å². The molecule has 0 aromatic heterocycles. The molecule has 2 rings (SSSR count). The lowest BCUT2D eigenvalue weighted by Gasteiger charge is -2.30. The van der Waals surface area contributed by atoms with Crippen molar-refractivity contribution >= 4 is 10.0 Å². The fourth-order valence-corrected chi connectivity index (χ4v) is 4.44. The van der Waals surface area contributed by atoms with Crippen molar-refractivity contribution in [3.8, 4) is 0 Å². The highest BCUT2D eigenvalue weighted by Gasteiger charge is 2.38. The van der Waals surface area contributed by atoms with Crippen molar-refractivity contribution in [1.29, 1.82) is 0 Å². The van der Waals surface area contributed by atoms with Crippen LogP contribution in [0.15, 0.2) is 0 Å². The Hall–Kier alpha value is -0.170. The van der Waals surface area contributed by atoms with Crippen LogP contribution in [0.25, 0.3) is 0 Å². The van der Waals surface area contributed by atoms with E-state index in [-0.39, 0.29) is 11.8 Å². The molecule has 1 N–H and O–H groups in total. The SMILES string of the molecule is COCCCS(=O)(=O)N(CC1CCCCN1)C1CC1. The number of piperidine rings is 1. The number of nitrogens with zero attached hydrogens (tertiary/aromatic N) is 1. The molecule has 6 heteroatoms. The van der Waals surface area contributed by atoms with Crippen LogP contribution in [0.4, 0.5) is 0 Å². The zero-order chi connectivity index (χ0) is 13.7.